The molecule has 4 heterocycles. The van der Waals surface area contributed by atoms with Crippen LogP contribution >= 0.6 is 0 Å². The molecular formula is C25H24N6O. The van der Waals surface area contributed by atoms with Crippen molar-refractivity contribution in [1.29, 1.82) is 5.26 Å². The van der Waals surface area contributed by atoms with Gasteiger partial charge in [-0.05, 0) is 67.9 Å². The number of benzene rings is 1. The fourth-order valence-corrected chi connectivity index (χ4v) is 4.34. The van der Waals surface area contributed by atoms with Crippen molar-refractivity contribution < 1.29 is 4.74 Å². The number of aromatic nitrogens is 3. The zero-order chi connectivity index (χ0) is 21.9. The number of nitrogens with zero attached hydrogens (tertiary/aromatic N) is 4. The average molecular weight is 425 g/mol. The van der Waals surface area contributed by atoms with Gasteiger partial charge in [-0.2, -0.15) is 5.26 Å². The zero-order valence-corrected chi connectivity index (χ0v) is 17.9. The van der Waals surface area contributed by atoms with Crippen molar-refractivity contribution in [3.63, 3.8) is 0 Å². The topological polar surface area (TPSA) is 89.9 Å². The highest BCUT2D eigenvalue weighted by Crippen LogP contribution is 2.33. The molecule has 0 amide bonds. The Labute approximate surface area is 186 Å². The van der Waals surface area contributed by atoms with Gasteiger partial charge in [-0.3, -0.25) is 4.90 Å². The van der Waals surface area contributed by atoms with Crippen LogP contribution in [0.3, 0.4) is 0 Å². The highest BCUT2D eigenvalue weighted by Gasteiger charge is 2.27. The van der Waals surface area contributed by atoms with Crippen LogP contribution in [0.5, 0.6) is 5.75 Å². The molecule has 0 spiro atoms. The summed E-state index contributed by atoms with van der Waals surface area (Å²) in [7, 11) is 1.69. The van der Waals surface area contributed by atoms with E-state index in [1.807, 2.05) is 30.3 Å². The lowest BCUT2D eigenvalue weighted by Gasteiger charge is -2.24. The molecule has 1 unspecified atom stereocenters. The van der Waals surface area contributed by atoms with E-state index in [1.165, 1.54) is 5.69 Å². The van der Waals surface area contributed by atoms with E-state index in [4.69, 9.17) is 15.0 Å². The number of ether oxygens (including phenoxy) is 1. The number of hydrogen-bond acceptors (Lipinski definition) is 6. The summed E-state index contributed by atoms with van der Waals surface area (Å²) in [5, 5.41) is 13.4. The van der Waals surface area contributed by atoms with Crippen LogP contribution in [0.25, 0.3) is 10.9 Å². The van der Waals surface area contributed by atoms with Gasteiger partial charge in [0.2, 0.25) is 0 Å². The monoisotopic (exact) mass is 424 g/mol. The fourth-order valence-electron chi connectivity index (χ4n) is 4.34. The maximum absolute atomic E-state index is 8.91. The number of pyridine rings is 2. The SMILES string of the molecule is COc1ccc2[nH]c(CN3CCCC3c3cccc(Nc4ccc(C#N)nc4)n3)cc2c1. The third kappa shape index (κ3) is 4.13. The number of anilines is 2. The Morgan fingerprint density at radius 2 is 2.16 bits per heavy atom. The van der Waals surface area contributed by atoms with Gasteiger partial charge in [0.05, 0.1) is 30.7 Å². The maximum atomic E-state index is 8.91. The van der Waals surface area contributed by atoms with Crippen molar-refractivity contribution in [3.8, 4) is 11.8 Å². The quantitative estimate of drug-likeness (QED) is 0.457. The summed E-state index contributed by atoms with van der Waals surface area (Å²) in [5.74, 6) is 1.65. The molecule has 1 atom stereocenters. The molecule has 1 saturated heterocycles. The summed E-state index contributed by atoms with van der Waals surface area (Å²) in [6, 6.07) is 20.2. The van der Waals surface area contributed by atoms with Crippen LogP contribution in [0.1, 0.15) is 36.0 Å². The molecule has 0 bridgehead atoms. The van der Waals surface area contributed by atoms with Crippen molar-refractivity contribution in [2.24, 2.45) is 0 Å². The second-order valence-electron chi connectivity index (χ2n) is 7.99. The van der Waals surface area contributed by atoms with E-state index < -0.39 is 0 Å². The lowest BCUT2D eigenvalue weighted by molar-refractivity contribution is 0.242. The predicted molar refractivity (Wildman–Crippen MR) is 124 cm³/mol. The third-order valence-electron chi connectivity index (χ3n) is 5.88. The first-order chi connectivity index (χ1) is 15.7. The van der Waals surface area contributed by atoms with E-state index in [0.29, 0.717) is 5.69 Å². The lowest BCUT2D eigenvalue weighted by atomic mass is 10.1. The molecule has 5 rings (SSSR count). The Bertz CT molecular complexity index is 1270. The van der Waals surface area contributed by atoms with Crippen LogP contribution in [0, 0.1) is 11.3 Å². The van der Waals surface area contributed by atoms with Gasteiger partial charge in [0.1, 0.15) is 23.3 Å². The van der Waals surface area contributed by atoms with Crippen molar-refractivity contribution in [2.45, 2.75) is 25.4 Å². The molecule has 7 heteroatoms. The fraction of sp³-hybridized carbons (Fsp3) is 0.240. The molecule has 1 aromatic carbocycles. The Hall–Kier alpha value is -3.89. The highest BCUT2D eigenvalue weighted by molar-refractivity contribution is 5.81. The van der Waals surface area contributed by atoms with Crippen molar-refractivity contribution in [3.05, 3.63) is 77.9 Å². The van der Waals surface area contributed by atoms with E-state index >= 15 is 0 Å². The molecule has 1 aliphatic rings. The normalized spacial score (nSPS) is 16.2. The molecule has 4 aromatic rings. The van der Waals surface area contributed by atoms with Gasteiger partial charge >= 0.3 is 0 Å². The van der Waals surface area contributed by atoms with Crippen molar-refractivity contribution >= 4 is 22.4 Å². The van der Waals surface area contributed by atoms with Gasteiger partial charge in [0.25, 0.3) is 0 Å². The number of rotatable bonds is 6. The van der Waals surface area contributed by atoms with Gasteiger partial charge in [-0.1, -0.05) is 6.07 Å². The van der Waals surface area contributed by atoms with E-state index in [9.17, 15) is 0 Å². The number of nitriles is 1. The van der Waals surface area contributed by atoms with Crippen molar-refractivity contribution in [1.82, 2.24) is 19.9 Å². The molecule has 3 aromatic heterocycles. The minimum atomic E-state index is 0.275. The van der Waals surface area contributed by atoms with Crippen LogP contribution < -0.4 is 10.1 Å². The smallest absolute Gasteiger partial charge is 0.140 e. The van der Waals surface area contributed by atoms with Crippen LogP contribution in [-0.4, -0.2) is 33.5 Å². The Morgan fingerprint density at radius 3 is 2.97 bits per heavy atom. The van der Waals surface area contributed by atoms with Crippen LogP contribution in [-0.2, 0) is 6.54 Å². The van der Waals surface area contributed by atoms with E-state index in [0.717, 1.165) is 59.8 Å². The van der Waals surface area contributed by atoms with Crippen molar-refractivity contribution in [2.75, 3.05) is 19.0 Å². The second kappa shape index (κ2) is 8.69. The highest BCUT2D eigenvalue weighted by atomic mass is 16.5. The molecule has 32 heavy (non-hydrogen) atoms. The Balaban J connectivity index is 1.33. The summed E-state index contributed by atoms with van der Waals surface area (Å²) >= 11 is 0. The first-order valence-electron chi connectivity index (χ1n) is 10.7. The van der Waals surface area contributed by atoms with Crippen LogP contribution in [0.15, 0.2) is 60.8 Å². The zero-order valence-electron chi connectivity index (χ0n) is 17.9. The molecular weight excluding hydrogens is 400 g/mol. The summed E-state index contributed by atoms with van der Waals surface area (Å²) < 4.78 is 5.35. The molecule has 0 saturated carbocycles. The lowest BCUT2D eigenvalue weighted by Crippen LogP contribution is -2.23. The molecule has 0 radical (unpaired) electrons. The maximum Gasteiger partial charge on any atom is 0.140 e. The van der Waals surface area contributed by atoms with Crippen LogP contribution in [0.2, 0.25) is 0 Å². The van der Waals surface area contributed by atoms with Gasteiger partial charge < -0.3 is 15.0 Å². The first-order valence-corrected chi connectivity index (χ1v) is 10.7. The minimum Gasteiger partial charge on any atom is -0.497 e. The minimum absolute atomic E-state index is 0.275. The molecule has 160 valence electrons. The molecule has 2 N–H and O–H groups in total. The van der Waals surface area contributed by atoms with E-state index in [-0.39, 0.29) is 6.04 Å². The Morgan fingerprint density at radius 1 is 1.22 bits per heavy atom. The summed E-state index contributed by atoms with van der Waals surface area (Å²) in [6.45, 7) is 1.89. The number of aromatic amines is 1. The van der Waals surface area contributed by atoms with E-state index in [1.54, 1.807) is 19.4 Å². The van der Waals surface area contributed by atoms with Gasteiger partial charge in [-0.25, -0.2) is 9.97 Å². The largest absolute Gasteiger partial charge is 0.497 e. The molecule has 7 nitrogen and oxygen atoms in total. The number of hydrogen-bond donors (Lipinski definition) is 2. The second-order valence-corrected chi connectivity index (χ2v) is 7.99. The molecule has 0 aliphatic carbocycles. The summed E-state index contributed by atoms with van der Waals surface area (Å²) in [4.78, 5) is 15.0. The number of H-pyrrole nitrogens is 1. The van der Waals surface area contributed by atoms with Crippen LogP contribution in [0.4, 0.5) is 11.5 Å². The number of fused-ring (bicyclic) bond motifs is 1. The van der Waals surface area contributed by atoms with Gasteiger partial charge in [-0.15, -0.1) is 0 Å². The average Bonchev–Trinajstić information content (AvgIpc) is 3.45. The summed E-state index contributed by atoms with van der Waals surface area (Å²) in [6.07, 6.45) is 3.89. The standard InChI is InChI=1S/C25H24N6O/c1-32-21-9-10-22-17(13-21)12-20(28-22)16-31-11-3-5-24(31)23-4-2-6-25(30-23)29-19-8-7-18(14-26)27-15-19/h2,4,6-10,12-13,15,24,28H,3,5,11,16H2,1H3,(H,29,30). The molecule has 1 aliphatic heterocycles. The summed E-state index contributed by atoms with van der Waals surface area (Å²) in [5.41, 5.74) is 4.58. The van der Waals surface area contributed by atoms with Gasteiger partial charge in [0, 0.05) is 23.1 Å². The number of likely N-dealkylation sites (tertiary alicyclic amines) is 1. The first kappa shape index (κ1) is 20.0. The number of methoxy groups -OCH3 is 1. The van der Waals surface area contributed by atoms with E-state index in [2.05, 4.69) is 44.5 Å². The Kier molecular flexibility index (Phi) is 5.44. The third-order valence-corrected chi connectivity index (χ3v) is 5.88. The molecule has 1 fully saturated rings. The number of nitrogens with one attached hydrogen (secondary N) is 2. The van der Waals surface area contributed by atoms with Gasteiger partial charge in [0.15, 0.2) is 0 Å². The predicted octanol–water partition coefficient (Wildman–Crippen LogP) is 4.92.